The van der Waals surface area contributed by atoms with E-state index in [1.807, 2.05) is 24.3 Å². The SMILES string of the molecule is SC(S)c1ccc(Cl)cc1. The van der Waals surface area contributed by atoms with Crippen LogP contribution in [0.4, 0.5) is 0 Å². The van der Waals surface area contributed by atoms with Crippen molar-refractivity contribution < 1.29 is 0 Å². The fourth-order valence-electron chi connectivity index (χ4n) is 0.635. The highest BCUT2D eigenvalue weighted by molar-refractivity contribution is 7.98. The molecule has 0 unspecified atom stereocenters. The number of thiol groups is 2. The Morgan fingerprint density at radius 3 is 2.00 bits per heavy atom. The van der Waals surface area contributed by atoms with E-state index < -0.39 is 0 Å². The Morgan fingerprint density at radius 2 is 1.60 bits per heavy atom. The van der Waals surface area contributed by atoms with Crippen molar-refractivity contribution in [2.75, 3.05) is 0 Å². The molecule has 0 atom stereocenters. The smallest absolute Gasteiger partial charge is 0.0692 e. The van der Waals surface area contributed by atoms with Crippen molar-refractivity contribution in [2.45, 2.75) is 4.58 Å². The summed E-state index contributed by atoms with van der Waals surface area (Å²) >= 11 is 14.0. The summed E-state index contributed by atoms with van der Waals surface area (Å²) in [6.07, 6.45) is 0. The van der Waals surface area contributed by atoms with Gasteiger partial charge in [-0.3, -0.25) is 0 Å². The molecule has 0 aliphatic rings. The minimum atomic E-state index is -0.0164. The van der Waals surface area contributed by atoms with Gasteiger partial charge in [0.15, 0.2) is 0 Å². The van der Waals surface area contributed by atoms with E-state index >= 15 is 0 Å². The van der Waals surface area contributed by atoms with Gasteiger partial charge in [0.25, 0.3) is 0 Å². The van der Waals surface area contributed by atoms with Gasteiger partial charge in [0.05, 0.1) is 4.58 Å². The maximum atomic E-state index is 5.67. The topological polar surface area (TPSA) is 0 Å². The Kier molecular flexibility index (Phi) is 2.96. The molecule has 0 fully saturated rings. The number of hydrogen-bond acceptors (Lipinski definition) is 2. The van der Waals surface area contributed by atoms with Crippen LogP contribution in [0.25, 0.3) is 0 Å². The molecular weight excluding hydrogens is 184 g/mol. The molecule has 0 aromatic heterocycles. The number of halogens is 1. The predicted molar refractivity (Wildman–Crippen MR) is 52.2 cm³/mol. The zero-order valence-corrected chi connectivity index (χ0v) is 7.70. The first kappa shape index (κ1) is 8.31. The molecule has 0 aliphatic carbocycles. The molecule has 0 bridgehead atoms. The van der Waals surface area contributed by atoms with Gasteiger partial charge in [-0.15, -0.1) is 0 Å². The summed E-state index contributed by atoms with van der Waals surface area (Å²) in [6, 6.07) is 7.48. The van der Waals surface area contributed by atoms with Crippen molar-refractivity contribution in [3.63, 3.8) is 0 Å². The van der Waals surface area contributed by atoms with Crippen LogP contribution in [0.3, 0.4) is 0 Å². The van der Waals surface area contributed by atoms with E-state index in [9.17, 15) is 0 Å². The van der Waals surface area contributed by atoms with Crippen LogP contribution in [0.15, 0.2) is 24.3 Å². The third kappa shape index (κ3) is 2.11. The highest BCUT2D eigenvalue weighted by atomic mass is 35.5. The Labute approximate surface area is 76.4 Å². The second-order valence-corrected chi connectivity index (χ2v) is 3.80. The van der Waals surface area contributed by atoms with Crippen LogP contribution in [-0.2, 0) is 0 Å². The molecule has 0 nitrogen and oxygen atoms in total. The minimum Gasteiger partial charge on any atom is -0.160 e. The summed E-state index contributed by atoms with van der Waals surface area (Å²) < 4.78 is -0.0164. The lowest BCUT2D eigenvalue weighted by Crippen LogP contribution is -1.78. The molecule has 0 amide bonds. The molecule has 0 N–H and O–H groups in total. The van der Waals surface area contributed by atoms with Gasteiger partial charge in [-0.1, -0.05) is 23.7 Å². The molecule has 1 aromatic rings. The van der Waals surface area contributed by atoms with Crippen molar-refractivity contribution in [3.8, 4) is 0 Å². The first-order chi connectivity index (χ1) is 4.70. The number of rotatable bonds is 1. The third-order valence-electron chi connectivity index (χ3n) is 1.17. The summed E-state index contributed by atoms with van der Waals surface area (Å²) in [5.74, 6) is 0. The quantitative estimate of drug-likeness (QED) is 0.493. The van der Waals surface area contributed by atoms with E-state index in [0.29, 0.717) is 0 Å². The number of hydrogen-bond donors (Lipinski definition) is 2. The standard InChI is InChI=1S/C7H7ClS2/c8-6-3-1-5(2-4-6)7(9)10/h1-4,7,9-10H. The van der Waals surface area contributed by atoms with Crippen LogP contribution >= 0.6 is 36.9 Å². The van der Waals surface area contributed by atoms with E-state index in [4.69, 9.17) is 11.6 Å². The molecule has 0 aliphatic heterocycles. The van der Waals surface area contributed by atoms with Crippen molar-refractivity contribution >= 4 is 36.9 Å². The molecule has 3 heteroatoms. The summed E-state index contributed by atoms with van der Waals surface area (Å²) in [7, 11) is 0. The number of benzene rings is 1. The highest BCUT2D eigenvalue weighted by Crippen LogP contribution is 2.24. The van der Waals surface area contributed by atoms with Gasteiger partial charge in [0.2, 0.25) is 0 Å². The molecule has 10 heavy (non-hydrogen) atoms. The van der Waals surface area contributed by atoms with E-state index in [1.54, 1.807) is 0 Å². The van der Waals surface area contributed by atoms with Crippen molar-refractivity contribution in [2.24, 2.45) is 0 Å². The molecule has 0 saturated heterocycles. The van der Waals surface area contributed by atoms with Gasteiger partial charge >= 0.3 is 0 Å². The lowest BCUT2D eigenvalue weighted by Gasteiger charge is -2.01. The molecule has 0 saturated carbocycles. The normalized spacial score (nSPS) is 10.4. The predicted octanol–water partition coefficient (Wildman–Crippen LogP) is 3.20. The largest absolute Gasteiger partial charge is 0.160 e. The Bertz CT molecular complexity index is 205. The summed E-state index contributed by atoms with van der Waals surface area (Å²) in [4.78, 5) is 0. The van der Waals surface area contributed by atoms with Gasteiger partial charge in [-0.2, -0.15) is 25.3 Å². The maximum absolute atomic E-state index is 5.67. The Balaban J connectivity index is 2.89. The lowest BCUT2D eigenvalue weighted by atomic mass is 10.2. The van der Waals surface area contributed by atoms with Gasteiger partial charge < -0.3 is 0 Å². The molecule has 1 rings (SSSR count). The van der Waals surface area contributed by atoms with Crippen LogP contribution < -0.4 is 0 Å². The van der Waals surface area contributed by atoms with Gasteiger partial charge in [0, 0.05) is 5.02 Å². The molecule has 1 aromatic carbocycles. The first-order valence-corrected chi connectivity index (χ1v) is 4.23. The third-order valence-corrected chi connectivity index (χ3v) is 2.02. The first-order valence-electron chi connectivity index (χ1n) is 2.82. The Hall–Kier alpha value is 0.210. The van der Waals surface area contributed by atoms with Crippen molar-refractivity contribution in [1.82, 2.24) is 0 Å². The highest BCUT2D eigenvalue weighted by Gasteiger charge is 1.97. The maximum Gasteiger partial charge on any atom is 0.0692 e. The van der Waals surface area contributed by atoms with Gasteiger partial charge in [-0.25, -0.2) is 0 Å². The van der Waals surface area contributed by atoms with E-state index in [1.165, 1.54) is 0 Å². The molecular formula is C7H7ClS2. The van der Waals surface area contributed by atoms with E-state index in [0.717, 1.165) is 10.6 Å². The lowest BCUT2D eigenvalue weighted by molar-refractivity contribution is 1.40. The zero-order valence-electron chi connectivity index (χ0n) is 5.16. The van der Waals surface area contributed by atoms with Crippen LogP contribution in [-0.4, -0.2) is 0 Å². The van der Waals surface area contributed by atoms with E-state index in [2.05, 4.69) is 25.3 Å². The van der Waals surface area contributed by atoms with E-state index in [-0.39, 0.29) is 4.58 Å². The minimum absolute atomic E-state index is 0.0164. The second kappa shape index (κ2) is 3.56. The van der Waals surface area contributed by atoms with Crippen LogP contribution in [0.2, 0.25) is 5.02 Å². The van der Waals surface area contributed by atoms with Gasteiger partial charge in [-0.05, 0) is 17.7 Å². The second-order valence-electron chi connectivity index (χ2n) is 1.93. The fourth-order valence-corrected chi connectivity index (χ4v) is 1.11. The molecule has 0 radical (unpaired) electrons. The van der Waals surface area contributed by atoms with Crippen molar-refractivity contribution in [1.29, 1.82) is 0 Å². The zero-order chi connectivity index (χ0) is 7.56. The average molecular weight is 191 g/mol. The van der Waals surface area contributed by atoms with Crippen molar-refractivity contribution in [3.05, 3.63) is 34.9 Å². The fraction of sp³-hybridized carbons (Fsp3) is 0.143. The molecule has 0 heterocycles. The summed E-state index contributed by atoms with van der Waals surface area (Å²) in [6.45, 7) is 0. The molecule has 54 valence electrons. The van der Waals surface area contributed by atoms with Gasteiger partial charge in [0.1, 0.15) is 0 Å². The van der Waals surface area contributed by atoms with Crippen LogP contribution in [0.1, 0.15) is 10.1 Å². The Morgan fingerprint density at radius 1 is 1.10 bits per heavy atom. The summed E-state index contributed by atoms with van der Waals surface area (Å²) in [5, 5.41) is 0.742. The monoisotopic (exact) mass is 190 g/mol. The van der Waals surface area contributed by atoms with Crippen LogP contribution in [0, 0.1) is 0 Å². The average Bonchev–Trinajstić information content (AvgIpc) is 1.88. The summed E-state index contributed by atoms with van der Waals surface area (Å²) in [5.41, 5.74) is 1.07. The van der Waals surface area contributed by atoms with Crippen LogP contribution in [0.5, 0.6) is 0 Å². The molecule has 0 spiro atoms.